The van der Waals surface area contributed by atoms with E-state index in [2.05, 4.69) is 29.3 Å². The van der Waals surface area contributed by atoms with Crippen molar-refractivity contribution in [2.45, 2.75) is 31.8 Å². The van der Waals surface area contributed by atoms with Gasteiger partial charge in [-0.1, -0.05) is 0 Å². The van der Waals surface area contributed by atoms with Crippen molar-refractivity contribution in [2.24, 2.45) is 0 Å². The molecule has 12 nitrogen and oxygen atoms in total. The number of benzene rings is 1. The van der Waals surface area contributed by atoms with E-state index >= 15 is 0 Å². The van der Waals surface area contributed by atoms with Gasteiger partial charge in [-0.25, -0.2) is 14.6 Å². The first-order valence-corrected chi connectivity index (χ1v) is 15.2. The van der Waals surface area contributed by atoms with Crippen molar-refractivity contribution < 1.29 is 45.4 Å². The monoisotopic (exact) mass is 688 g/mol. The molecule has 5 rings (SSSR count). The smallest absolute Gasteiger partial charge is 0.416 e. The SMILES string of the molecule is O=C(Nc1cc(COc2nsnc2N2CCN(C(=O)Nc3cc(C(F)(F)F)cc(C(F)(F)F)c3)CC2)ccn1)OCCN1CCCC1. The molecule has 2 aliphatic rings. The highest BCUT2D eigenvalue weighted by Crippen LogP contribution is 2.37. The van der Waals surface area contributed by atoms with Crippen molar-refractivity contribution in [1.29, 1.82) is 0 Å². The number of nitrogens with one attached hydrogen (secondary N) is 2. The number of urea groups is 1. The Bertz CT molecular complexity index is 1510. The highest BCUT2D eigenvalue weighted by atomic mass is 32.1. The minimum Gasteiger partial charge on any atom is -0.470 e. The zero-order valence-corrected chi connectivity index (χ0v) is 25.6. The molecule has 0 saturated carbocycles. The second kappa shape index (κ2) is 14.6. The molecule has 3 aromatic rings. The van der Waals surface area contributed by atoms with Crippen LogP contribution in [0.4, 0.5) is 53.3 Å². The zero-order valence-electron chi connectivity index (χ0n) is 24.7. The molecular formula is C28H30F6N8O4S. The Morgan fingerprint density at radius 3 is 2.21 bits per heavy atom. The van der Waals surface area contributed by atoms with E-state index in [9.17, 15) is 35.9 Å². The first-order valence-electron chi connectivity index (χ1n) is 14.5. The van der Waals surface area contributed by atoms with Gasteiger partial charge in [0.2, 0.25) is 5.82 Å². The lowest BCUT2D eigenvalue weighted by Crippen LogP contribution is -2.50. The highest BCUT2D eigenvalue weighted by molar-refractivity contribution is 6.99. The number of carbonyl (C=O) groups is 2. The fraction of sp³-hybridized carbons (Fsp3) is 0.464. The maximum absolute atomic E-state index is 13.2. The number of ether oxygens (including phenoxy) is 2. The summed E-state index contributed by atoms with van der Waals surface area (Å²) in [5, 5.41) is 4.74. The molecule has 254 valence electrons. The summed E-state index contributed by atoms with van der Waals surface area (Å²) in [6.45, 7) is 3.70. The van der Waals surface area contributed by atoms with Gasteiger partial charge in [0, 0.05) is 44.6 Å². The van der Waals surface area contributed by atoms with Gasteiger partial charge in [0.05, 0.1) is 22.9 Å². The molecule has 0 unspecified atom stereocenters. The maximum atomic E-state index is 13.2. The molecule has 0 aliphatic carbocycles. The lowest BCUT2D eigenvalue weighted by Gasteiger charge is -2.34. The summed E-state index contributed by atoms with van der Waals surface area (Å²) in [5.74, 6) is 0.920. The number of anilines is 3. The van der Waals surface area contributed by atoms with Crippen LogP contribution in [-0.2, 0) is 23.7 Å². The average Bonchev–Trinajstić information content (AvgIpc) is 3.72. The Hall–Kier alpha value is -4.39. The number of hydrogen-bond acceptors (Lipinski definition) is 10. The molecule has 47 heavy (non-hydrogen) atoms. The summed E-state index contributed by atoms with van der Waals surface area (Å²) < 4.78 is 98.7. The van der Waals surface area contributed by atoms with Crippen LogP contribution in [-0.4, -0.2) is 88.1 Å². The van der Waals surface area contributed by atoms with Gasteiger partial charge in [-0.05, 0) is 61.8 Å². The molecule has 2 aromatic heterocycles. The first kappa shape index (κ1) is 34.0. The molecule has 0 atom stereocenters. The largest absolute Gasteiger partial charge is 0.470 e. The van der Waals surface area contributed by atoms with Gasteiger partial charge in [-0.3, -0.25) is 10.2 Å². The Kier molecular flexibility index (Phi) is 10.5. The van der Waals surface area contributed by atoms with Crippen LogP contribution in [0.5, 0.6) is 5.88 Å². The van der Waals surface area contributed by atoms with E-state index in [-0.39, 0.29) is 57.2 Å². The number of piperazine rings is 1. The first-order chi connectivity index (χ1) is 22.3. The third kappa shape index (κ3) is 9.34. The van der Waals surface area contributed by atoms with E-state index in [0.717, 1.165) is 37.7 Å². The van der Waals surface area contributed by atoms with Crippen LogP contribution in [0.15, 0.2) is 36.5 Å². The van der Waals surface area contributed by atoms with Gasteiger partial charge in [0.25, 0.3) is 5.88 Å². The minimum atomic E-state index is -5.04. The summed E-state index contributed by atoms with van der Waals surface area (Å²) in [6, 6.07) is 3.38. The molecule has 0 spiro atoms. The van der Waals surface area contributed by atoms with Crippen LogP contribution in [0, 0.1) is 0 Å². The Morgan fingerprint density at radius 2 is 1.55 bits per heavy atom. The van der Waals surface area contributed by atoms with Gasteiger partial charge < -0.3 is 24.6 Å². The molecule has 4 heterocycles. The normalized spacial score (nSPS) is 15.9. The van der Waals surface area contributed by atoms with Crippen LogP contribution in [0.1, 0.15) is 29.5 Å². The van der Waals surface area contributed by atoms with Crippen LogP contribution < -0.4 is 20.3 Å². The van der Waals surface area contributed by atoms with Crippen molar-refractivity contribution in [2.75, 3.05) is 68.0 Å². The van der Waals surface area contributed by atoms with Crippen molar-refractivity contribution in [3.05, 3.63) is 53.2 Å². The lowest BCUT2D eigenvalue weighted by molar-refractivity contribution is -0.143. The maximum Gasteiger partial charge on any atom is 0.416 e. The quantitative estimate of drug-likeness (QED) is 0.279. The second-order valence-electron chi connectivity index (χ2n) is 10.7. The van der Waals surface area contributed by atoms with E-state index in [1.165, 1.54) is 11.1 Å². The summed E-state index contributed by atoms with van der Waals surface area (Å²) in [7, 11) is 0. The molecule has 2 aliphatic heterocycles. The number of rotatable bonds is 9. The topological polar surface area (TPSA) is 125 Å². The van der Waals surface area contributed by atoms with E-state index in [1.54, 1.807) is 17.0 Å². The lowest BCUT2D eigenvalue weighted by atomic mass is 10.1. The molecule has 3 amide bonds. The van der Waals surface area contributed by atoms with Crippen LogP contribution in [0.3, 0.4) is 0 Å². The molecule has 0 radical (unpaired) electrons. The van der Waals surface area contributed by atoms with E-state index in [0.29, 0.717) is 30.1 Å². The summed E-state index contributed by atoms with van der Waals surface area (Å²) in [6.07, 6.45) is -6.89. The highest BCUT2D eigenvalue weighted by Gasteiger charge is 2.37. The fourth-order valence-electron chi connectivity index (χ4n) is 5.01. The number of aromatic nitrogens is 3. The fourth-order valence-corrected chi connectivity index (χ4v) is 5.53. The molecule has 2 N–H and O–H groups in total. The summed E-state index contributed by atoms with van der Waals surface area (Å²) in [5.41, 5.74) is -3.00. The van der Waals surface area contributed by atoms with E-state index in [4.69, 9.17) is 9.47 Å². The average molecular weight is 689 g/mol. The predicted molar refractivity (Wildman–Crippen MR) is 158 cm³/mol. The van der Waals surface area contributed by atoms with E-state index in [1.807, 2.05) is 0 Å². The molecule has 2 fully saturated rings. The Labute approximate surface area is 269 Å². The number of alkyl halides is 6. The molecule has 0 bridgehead atoms. The second-order valence-corrected chi connectivity index (χ2v) is 11.3. The molecular weight excluding hydrogens is 658 g/mol. The third-order valence-corrected chi connectivity index (χ3v) is 7.92. The Balaban J connectivity index is 1.11. The van der Waals surface area contributed by atoms with Crippen LogP contribution in [0.2, 0.25) is 0 Å². The Morgan fingerprint density at radius 1 is 0.872 bits per heavy atom. The summed E-state index contributed by atoms with van der Waals surface area (Å²) >= 11 is 0.906. The van der Waals surface area contributed by atoms with Crippen molar-refractivity contribution >= 4 is 41.2 Å². The molecule has 1 aromatic carbocycles. The number of nitrogens with zero attached hydrogens (tertiary/aromatic N) is 6. The van der Waals surface area contributed by atoms with Gasteiger partial charge >= 0.3 is 24.5 Å². The molecule has 2 saturated heterocycles. The number of hydrogen-bond donors (Lipinski definition) is 2. The number of halogens is 6. The van der Waals surface area contributed by atoms with Crippen molar-refractivity contribution in [3.63, 3.8) is 0 Å². The van der Waals surface area contributed by atoms with Gasteiger partial charge in [0.1, 0.15) is 19.0 Å². The summed E-state index contributed by atoms with van der Waals surface area (Å²) in [4.78, 5) is 34.3. The van der Waals surface area contributed by atoms with Gasteiger partial charge in [0.15, 0.2) is 0 Å². The van der Waals surface area contributed by atoms with Crippen LogP contribution >= 0.6 is 11.7 Å². The minimum absolute atomic E-state index is 0.00559. The van der Waals surface area contributed by atoms with Crippen molar-refractivity contribution in [3.8, 4) is 5.88 Å². The number of pyridine rings is 1. The number of carbonyl (C=O) groups excluding carboxylic acids is 2. The predicted octanol–water partition coefficient (Wildman–Crippen LogP) is 5.55. The zero-order chi connectivity index (χ0) is 33.6. The molecule has 19 heteroatoms. The van der Waals surface area contributed by atoms with Gasteiger partial charge in [-0.2, -0.15) is 30.7 Å². The van der Waals surface area contributed by atoms with Crippen LogP contribution in [0.25, 0.3) is 0 Å². The standard InChI is InChI=1S/C28H30F6N8O4S/c29-27(30,31)19-14-20(28(32,33)34)16-21(15-19)36-25(43)42-9-7-41(8-10-42)23-24(39-47-38-23)46-17-18-3-4-35-22(13-18)37-26(44)45-12-11-40-5-1-2-6-40/h3-4,13-16H,1-2,5-12,17H2,(H,36,43)(H,35,37,44). The number of amides is 3. The third-order valence-electron chi connectivity index (χ3n) is 7.42. The van der Waals surface area contributed by atoms with Crippen molar-refractivity contribution in [1.82, 2.24) is 23.5 Å². The van der Waals surface area contributed by atoms with Gasteiger partial charge in [-0.15, -0.1) is 4.37 Å². The number of likely N-dealkylation sites (tertiary alicyclic amines) is 1. The van der Waals surface area contributed by atoms with E-state index < -0.39 is 41.3 Å².